The van der Waals surface area contributed by atoms with Gasteiger partial charge in [0.25, 0.3) is 5.91 Å². The van der Waals surface area contributed by atoms with Crippen molar-refractivity contribution < 1.29 is 19.1 Å². The van der Waals surface area contributed by atoms with E-state index in [1.54, 1.807) is 43.3 Å². The molecule has 1 amide bonds. The molecular formula is C20H15BrCl2N2O4. The van der Waals surface area contributed by atoms with Crippen LogP contribution >= 0.6 is 39.1 Å². The SMILES string of the molecule is CCOC(=O)COc1ccc(/C=C(/C#N)C(=O)Nc2cccc(Cl)c2Cl)cc1Br. The molecule has 0 aliphatic carbocycles. The van der Waals surface area contributed by atoms with Gasteiger partial charge in [-0.2, -0.15) is 5.26 Å². The number of nitrogens with zero attached hydrogens (tertiary/aromatic N) is 1. The average Bonchev–Trinajstić information content (AvgIpc) is 2.69. The third-order valence-corrected chi connectivity index (χ3v) is 4.92. The lowest BCUT2D eigenvalue weighted by Gasteiger charge is -2.09. The number of anilines is 1. The standard InChI is InChI=1S/C20H15BrCl2N2O4/c1-2-28-18(26)11-29-17-7-6-12(9-14(17)21)8-13(10-24)20(27)25-16-5-3-4-15(22)19(16)23/h3-9H,2,11H2,1H3,(H,25,27)/b13-8-. The third kappa shape index (κ3) is 6.50. The Labute approximate surface area is 186 Å². The fourth-order valence-corrected chi connectivity index (χ4v) is 3.03. The highest BCUT2D eigenvalue weighted by Crippen LogP contribution is 2.30. The zero-order valence-corrected chi connectivity index (χ0v) is 18.3. The lowest BCUT2D eigenvalue weighted by Crippen LogP contribution is -2.14. The minimum Gasteiger partial charge on any atom is -0.481 e. The van der Waals surface area contributed by atoms with Crippen LogP contribution in [0.4, 0.5) is 5.69 Å². The van der Waals surface area contributed by atoms with Crippen LogP contribution in [-0.2, 0) is 14.3 Å². The summed E-state index contributed by atoms with van der Waals surface area (Å²) in [5, 5.41) is 12.4. The Morgan fingerprint density at radius 2 is 2.03 bits per heavy atom. The Morgan fingerprint density at radius 1 is 1.28 bits per heavy atom. The van der Waals surface area contributed by atoms with Crippen molar-refractivity contribution in [2.24, 2.45) is 0 Å². The fourth-order valence-electron chi connectivity index (χ4n) is 2.17. The van der Waals surface area contributed by atoms with Crippen molar-refractivity contribution in [3.63, 3.8) is 0 Å². The molecule has 2 rings (SSSR count). The molecule has 2 aromatic rings. The molecule has 0 atom stereocenters. The number of nitrogens with one attached hydrogen (secondary N) is 1. The second-order valence-electron chi connectivity index (χ2n) is 5.51. The largest absolute Gasteiger partial charge is 0.481 e. The monoisotopic (exact) mass is 496 g/mol. The molecule has 0 bridgehead atoms. The van der Waals surface area contributed by atoms with E-state index in [1.165, 1.54) is 6.08 Å². The molecule has 0 spiro atoms. The molecule has 0 unspecified atom stereocenters. The summed E-state index contributed by atoms with van der Waals surface area (Å²) >= 11 is 15.3. The van der Waals surface area contributed by atoms with Crippen LogP contribution in [0.25, 0.3) is 6.08 Å². The van der Waals surface area contributed by atoms with Crippen LogP contribution in [0, 0.1) is 11.3 Å². The smallest absolute Gasteiger partial charge is 0.344 e. The molecule has 0 saturated carbocycles. The van der Waals surface area contributed by atoms with Crippen molar-refractivity contribution in [3.05, 3.63) is 62.1 Å². The van der Waals surface area contributed by atoms with Gasteiger partial charge >= 0.3 is 5.97 Å². The second-order valence-corrected chi connectivity index (χ2v) is 7.15. The van der Waals surface area contributed by atoms with Crippen molar-refractivity contribution in [3.8, 4) is 11.8 Å². The summed E-state index contributed by atoms with van der Waals surface area (Å²) in [6.45, 7) is 1.75. The van der Waals surface area contributed by atoms with Gasteiger partial charge in [0.05, 0.1) is 26.8 Å². The summed E-state index contributed by atoms with van der Waals surface area (Å²) in [4.78, 5) is 23.8. The van der Waals surface area contributed by atoms with Crippen LogP contribution in [0.2, 0.25) is 10.0 Å². The molecule has 0 fully saturated rings. The number of rotatable bonds is 7. The summed E-state index contributed by atoms with van der Waals surface area (Å²) in [5.41, 5.74) is 0.742. The number of amides is 1. The first-order valence-corrected chi connectivity index (χ1v) is 9.85. The van der Waals surface area contributed by atoms with Crippen LogP contribution < -0.4 is 10.1 Å². The zero-order valence-electron chi connectivity index (χ0n) is 15.2. The molecule has 0 heterocycles. The van der Waals surface area contributed by atoms with Crippen LogP contribution in [0.5, 0.6) is 5.75 Å². The number of carbonyl (C=O) groups is 2. The van der Waals surface area contributed by atoms with E-state index in [1.807, 2.05) is 6.07 Å². The number of ether oxygens (including phenoxy) is 2. The van der Waals surface area contributed by atoms with E-state index in [-0.39, 0.29) is 28.8 Å². The third-order valence-electron chi connectivity index (χ3n) is 3.48. The molecule has 0 aliphatic rings. The van der Waals surface area contributed by atoms with Crippen LogP contribution in [0.15, 0.2) is 46.4 Å². The van der Waals surface area contributed by atoms with Gasteiger partial charge in [-0.25, -0.2) is 4.79 Å². The first-order valence-electron chi connectivity index (χ1n) is 8.30. The quantitative estimate of drug-likeness (QED) is 0.321. The molecule has 6 nitrogen and oxygen atoms in total. The molecule has 150 valence electrons. The van der Waals surface area contributed by atoms with Crippen molar-refractivity contribution >= 4 is 62.8 Å². The Morgan fingerprint density at radius 3 is 2.69 bits per heavy atom. The van der Waals surface area contributed by atoms with Gasteiger partial charge in [-0.15, -0.1) is 0 Å². The fraction of sp³-hybridized carbons (Fsp3) is 0.150. The first-order chi connectivity index (χ1) is 13.8. The van der Waals surface area contributed by atoms with Gasteiger partial charge in [0.15, 0.2) is 6.61 Å². The lowest BCUT2D eigenvalue weighted by molar-refractivity contribution is -0.145. The Balaban J connectivity index is 2.15. The molecule has 2 aromatic carbocycles. The summed E-state index contributed by atoms with van der Waals surface area (Å²) in [6.07, 6.45) is 1.41. The van der Waals surface area contributed by atoms with Crippen LogP contribution in [0.1, 0.15) is 12.5 Å². The number of hydrogen-bond acceptors (Lipinski definition) is 5. The van der Waals surface area contributed by atoms with Crippen molar-refractivity contribution in [1.29, 1.82) is 5.26 Å². The highest BCUT2D eigenvalue weighted by atomic mass is 79.9. The molecule has 0 radical (unpaired) electrons. The molecular weight excluding hydrogens is 483 g/mol. The van der Waals surface area contributed by atoms with E-state index in [4.69, 9.17) is 32.7 Å². The summed E-state index contributed by atoms with van der Waals surface area (Å²) in [7, 11) is 0. The maximum Gasteiger partial charge on any atom is 0.344 e. The summed E-state index contributed by atoms with van der Waals surface area (Å²) < 4.78 is 10.7. The van der Waals surface area contributed by atoms with E-state index < -0.39 is 11.9 Å². The topological polar surface area (TPSA) is 88.4 Å². The molecule has 9 heteroatoms. The van der Waals surface area contributed by atoms with Gasteiger partial charge in [-0.05, 0) is 58.8 Å². The van der Waals surface area contributed by atoms with E-state index in [9.17, 15) is 14.9 Å². The van der Waals surface area contributed by atoms with Gasteiger partial charge < -0.3 is 14.8 Å². The number of benzene rings is 2. The van der Waals surface area contributed by atoms with E-state index in [0.29, 0.717) is 21.5 Å². The van der Waals surface area contributed by atoms with Gasteiger partial charge in [-0.1, -0.05) is 35.3 Å². The van der Waals surface area contributed by atoms with E-state index >= 15 is 0 Å². The Hall–Kier alpha value is -2.53. The summed E-state index contributed by atoms with van der Waals surface area (Å²) in [5.74, 6) is -0.689. The minimum absolute atomic E-state index is 0.131. The first kappa shape index (κ1) is 22.8. The van der Waals surface area contributed by atoms with Gasteiger partial charge in [-0.3, -0.25) is 4.79 Å². The normalized spacial score (nSPS) is 10.8. The van der Waals surface area contributed by atoms with Crippen LogP contribution in [-0.4, -0.2) is 25.1 Å². The molecule has 0 saturated heterocycles. The molecule has 29 heavy (non-hydrogen) atoms. The maximum absolute atomic E-state index is 12.4. The number of halogens is 3. The number of nitriles is 1. The molecule has 0 aromatic heterocycles. The number of esters is 1. The maximum atomic E-state index is 12.4. The van der Waals surface area contributed by atoms with Gasteiger partial charge in [0.2, 0.25) is 0 Å². The number of carbonyl (C=O) groups excluding carboxylic acids is 2. The van der Waals surface area contributed by atoms with E-state index in [2.05, 4.69) is 21.2 Å². The lowest BCUT2D eigenvalue weighted by atomic mass is 10.1. The molecule has 0 aliphatic heterocycles. The highest BCUT2D eigenvalue weighted by molar-refractivity contribution is 9.10. The Kier molecular flexibility index (Phi) is 8.52. The van der Waals surface area contributed by atoms with Crippen molar-refractivity contribution in [2.45, 2.75) is 6.92 Å². The van der Waals surface area contributed by atoms with Gasteiger partial charge in [0.1, 0.15) is 17.4 Å². The summed E-state index contributed by atoms with van der Waals surface area (Å²) in [6, 6.07) is 11.6. The minimum atomic E-state index is -0.629. The van der Waals surface area contributed by atoms with Crippen LogP contribution in [0.3, 0.4) is 0 Å². The molecule has 1 N–H and O–H groups in total. The second kappa shape index (κ2) is 10.9. The highest BCUT2D eigenvalue weighted by Gasteiger charge is 2.13. The van der Waals surface area contributed by atoms with Crippen molar-refractivity contribution in [2.75, 3.05) is 18.5 Å². The average molecular weight is 498 g/mol. The predicted octanol–water partition coefficient (Wildman–Crippen LogP) is 5.24. The predicted molar refractivity (Wildman–Crippen MR) is 115 cm³/mol. The van der Waals surface area contributed by atoms with Crippen molar-refractivity contribution in [1.82, 2.24) is 0 Å². The Bertz CT molecular complexity index is 1000. The zero-order chi connectivity index (χ0) is 21.4. The number of hydrogen-bond donors (Lipinski definition) is 1. The van der Waals surface area contributed by atoms with Gasteiger partial charge in [0, 0.05) is 0 Å². The van der Waals surface area contributed by atoms with E-state index in [0.717, 1.165) is 0 Å².